The molecule has 2 saturated heterocycles. The molecule has 5 nitrogen and oxygen atoms in total. The average molecular weight is 390 g/mol. The smallest absolute Gasteiger partial charge is 0.109 e. The van der Waals surface area contributed by atoms with E-state index in [9.17, 15) is 10.2 Å². The maximum absolute atomic E-state index is 9.99. The molecule has 142 valence electrons. The van der Waals surface area contributed by atoms with Gasteiger partial charge >= 0.3 is 0 Å². The largest absolute Gasteiger partial charge is 0.378 e. The summed E-state index contributed by atoms with van der Waals surface area (Å²) in [4.78, 5) is 6.70. The van der Waals surface area contributed by atoms with Crippen molar-refractivity contribution in [1.29, 1.82) is 0 Å². The average Bonchev–Trinajstić information content (AvgIpc) is 2.59. The van der Waals surface area contributed by atoms with Crippen LogP contribution in [0.3, 0.4) is 0 Å². The van der Waals surface area contributed by atoms with Crippen LogP contribution >= 0.6 is 24.0 Å². The van der Waals surface area contributed by atoms with E-state index in [1.54, 1.807) is 0 Å². The Labute approximate surface area is 161 Å². The highest BCUT2D eigenvalue weighted by Gasteiger charge is 2.27. The van der Waals surface area contributed by atoms with Gasteiger partial charge in [0.25, 0.3) is 0 Å². The maximum Gasteiger partial charge on any atom is 0.109 e. The normalized spacial score (nSPS) is 25.6. The number of piperidine rings is 1. The summed E-state index contributed by atoms with van der Waals surface area (Å²) in [5, 5.41) is 20.8. The van der Waals surface area contributed by atoms with Crippen molar-refractivity contribution >= 4 is 29.7 Å². The molecule has 2 heterocycles. The zero-order valence-corrected chi connectivity index (χ0v) is 16.1. The second-order valence-electron chi connectivity index (χ2n) is 6.79. The van der Waals surface area contributed by atoms with Gasteiger partial charge in [-0.25, -0.2) is 0 Å². The molecule has 0 bridgehead atoms. The number of anilines is 1. The molecule has 0 radical (unpaired) electrons. The summed E-state index contributed by atoms with van der Waals surface area (Å²) in [5.41, 5.74) is 1.23. The molecule has 0 aliphatic carbocycles. The predicted molar refractivity (Wildman–Crippen MR) is 105 cm³/mol. The van der Waals surface area contributed by atoms with E-state index in [1.165, 1.54) is 5.69 Å². The molecule has 1 aromatic rings. The van der Waals surface area contributed by atoms with Gasteiger partial charge in [0.1, 0.15) is 12.5 Å². The van der Waals surface area contributed by atoms with E-state index in [4.69, 9.17) is 11.6 Å². The second-order valence-corrected chi connectivity index (χ2v) is 7.23. The molecule has 2 unspecified atom stereocenters. The highest BCUT2D eigenvalue weighted by Crippen LogP contribution is 2.21. The third-order valence-electron chi connectivity index (χ3n) is 5.15. The molecule has 2 aliphatic rings. The van der Waals surface area contributed by atoms with Crippen molar-refractivity contribution in [3.63, 3.8) is 0 Å². The molecule has 3 rings (SSSR count). The lowest BCUT2D eigenvalue weighted by atomic mass is 10.1. The number of hydrogen-bond donors (Lipinski definition) is 2. The highest BCUT2D eigenvalue weighted by atomic mass is 35.5. The molecule has 25 heavy (non-hydrogen) atoms. The molecular formula is C18H29Cl2N3O2. The van der Waals surface area contributed by atoms with Gasteiger partial charge < -0.3 is 15.1 Å². The molecule has 2 atom stereocenters. The van der Waals surface area contributed by atoms with E-state index >= 15 is 0 Å². The van der Waals surface area contributed by atoms with Crippen LogP contribution in [-0.2, 0) is 0 Å². The Hall–Kier alpha value is -0.560. The van der Waals surface area contributed by atoms with Gasteiger partial charge in [-0.2, -0.15) is 0 Å². The number of aliphatic hydroxyl groups is 2. The van der Waals surface area contributed by atoms with Crippen LogP contribution in [0, 0.1) is 0 Å². The summed E-state index contributed by atoms with van der Waals surface area (Å²) >= 11 is 5.95. The highest BCUT2D eigenvalue weighted by molar-refractivity contribution is 6.30. The van der Waals surface area contributed by atoms with Gasteiger partial charge in [0, 0.05) is 43.4 Å². The van der Waals surface area contributed by atoms with Gasteiger partial charge in [0.2, 0.25) is 0 Å². The van der Waals surface area contributed by atoms with E-state index in [0.717, 1.165) is 70.0 Å². The lowest BCUT2D eigenvalue weighted by molar-refractivity contribution is -0.131. The zero-order chi connectivity index (χ0) is 16.9. The van der Waals surface area contributed by atoms with Crippen LogP contribution in [0.25, 0.3) is 0 Å². The fourth-order valence-corrected chi connectivity index (χ4v) is 3.80. The summed E-state index contributed by atoms with van der Waals surface area (Å²) in [6.45, 7) is 5.93. The molecule has 2 aliphatic heterocycles. The van der Waals surface area contributed by atoms with Gasteiger partial charge in [-0.1, -0.05) is 11.6 Å². The number of piperazine rings is 1. The third-order valence-corrected chi connectivity index (χ3v) is 5.40. The van der Waals surface area contributed by atoms with Crippen molar-refractivity contribution in [1.82, 2.24) is 9.80 Å². The van der Waals surface area contributed by atoms with Crippen molar-refractivity contribution in [3.8, 4) is 0 Å². The number of benzene rings is 1. The number of rotatable bonds is 5. The number of nitrogens with zero attached hydrogens (tertiary/aromatic N) is 3. The minimum absolute atomic E-state index is 0. The lowest BCUT2D eigenvalue weighted by Crippen LogP contribution is -2.49. The van der Waals surface area contributed by atoms with E-state index in [-0.39, 0.29) is 12.4 Å². The molecular weight excluding hydrogens is 361 g/mol. The van der Waals surface area contributed by atoms with E-state index in [2.05, 4.69) is 21.9 Å². The number of halogens is 2. The number of hydrogen-bond acceptors (Lipinski definition) is 5. The minimum atomic E-state index is -0.476. The monoisotopic (exact) mass is 389 g/mol. The first-order valence-electron chi connectivity index (χ1n) is 8.98. The Morgan fingerprint density at radius 1 is 0.920 bits per heavy atom. The molecule has 0 saturated carbocycles. The summed E-state index contributed by atoms with van der Waals surface area (Å²) in [7, 11) is 0. The van der Waals surface area contributed by atoms with E-state index < -0.39 is 12.5 Å². The van der Waals surface area contributed by atoms with Crippen LogP contribution in [0.5, 0.6) is 0 Å². The van der Waals surface area contributed by atoms with Crippen molar-refractivity contribution in [2.24, 2.45) is 0 Å². The Bertz CT molecular complexity index is 500. The van der Waals surface area contributed by atoms with Crippen molar-refractivity contribution in [2.75, 3.05) is 44.2 Å². The molecule has 0 aromatic heterocycles. The van der Waals surface area contributed by atoms with Crippen molar-refractivity contribution in [3.05, 3.63) is 29.3 Å². The maximum atomic E-state index is 9.99. The van der Waals surface area contributed by atoms with Gasteiger partial charge in [0.05, 0.1) is 0 Å². The van der Waals surface area contributed by atoms with Crippen LogP contribution in [0.1, 0.15) is 25.7 Å². The Morgan fingerprint density at radius 2 is 1.52 bits per heavy atom. The molecule has 2 N–H and O–H groups in total. The van der Waals surface area contributed by atoms with Gasteiger partial charge in [-0.05, 0) is 56.5 Å². The standard InChI is InChI=1S/C18H28ClN3O2.ClH/c19-15-5-7-16(8-6-15)21-13-11-20(12-14-21)9-2-10-22-17(23)3-1-4-18(22)24;/h5-8,17-18,23-24H,1-4,9-14H2;1H. The quantitative estimate of drug-likeness (QED) is 0.809. The van der Waals surface area contributed by atoms with Gasteiger partial charge in [-0.3, -0.25) is 9.80 Å². The Morgan fingerprint density at radius 3 is 2.12 bits per heavy atom. The molecule has 2 fully saturated rings. The van der Waals surface area contributed by atoms with Crippen LogP contribution in [0.4, 0.5) is 5.69 Å². The molecule has 7 heteroatoms. The first-order valence-corrected chi connectivity index (χ1v) is 9.36. The van der Waals surface area contributed by atoms with Crippen LogP contribution in [-0.4, -0.2) is 71.7 Å². The summed E-state index contributed by atoms with van der Waals surface area (Å²) in [6.07, 6.45) is 2.49. The summed E-state index contributed by atoms with van der Waals surface area (Å²) < 4.78 is 0. The van der Waals surface area contributed by atoms with Crippen LogP contribution in [0.2, 0.25) is 5.02 Å². The van der Waals surface area contributed by atoms with Crippen LogP contribution in [0.15, 0.2) is 24.3 Å². The lowest BCUT2D eigenvalue weighted by Gasteiger charge is -2.38. The number of aliphatic hydroxyl groups excluding tert-OH is 2. The van der Waals surface area contributed by atoms with E-state index in [1.807, 2.05) is 17.0 Å². The molecule has 0 spiro atoms. The van der Waals surface area contributed by atoms with E-state index in [0.29, 0.717) is 0 Å². The second kappa shape index (κ2) is 9.95. The third kappa shape index (κ3) is 5.71. The van der Waals surface area contributed by atoms with Gasteiger partial charge in [0.15, 0.2) is 0 Å². The molecule has 1 aromatic carbocycles. The van der Waals surface area contributed by atoms with Crippen LogP contribution < -0.4 is 4.90 Å². The fourth-order valence-electron chi connectivity index (χ4n) is 3.67. The van der Waals surface area contributed by atoms with Crippen molar-refractivity contribution < 1.29 is 10.2 Å². The Kier molecular flexibility index (Phi) is 8.26. The SMILES string of the molecule is Cl.OC1CCCC(O)N1CCCN1CCN(c2ccc(Cl)cc2)CC1. The first kappa shape index (κ1) is 20.7. The summed E-state index contributed by atoms with van der Waals surface area (Å²) in [6, 6.07) is 8.05. The Balaban J connectivity index is 0.00000225. The first-order chi connectivity index (χ1) is 11.6. The topological polar surface area (TPSA) is 50.2 Å². The summed E-state index contributed by atoms with van der Waals surface area (Å²) in [5.74, 6) is 0. The minimum Gasteiger partial charge on any atom is -0.378 e. The zero-order valence-electron chi connectivity index (χ0n) is 14.6. The van der Waals surface area contributed by atoms with Crippen molar-refractivity contribution in [2.45, 2.75) is 38.1 Å². The fraction of sp³-hybridized carbons (Fsp3) is 0.667. The molecule has 0 amide bonds. The predicted octanol–water partition coefficient (Wildman–Crippen LogP) is 2.40. The number of likely N-dealkylation sites (tertiary alicyclic amines) is 1. The van der Waals surface area contributed by atoms with Gasteiger partial charge in [-0.15, -0.1) is 12.4 Å².